The number of hydrogen-bond acceptors (Lipinski definition) is 4. The number of amides is 3. The van der Waals surface area contributed by atoms with Gasteiger partial charge in [-0.15, -0.1) is 0 Å². The lowest BCUT2D eigenvalue weighted by molar-refractivity contribution is -0.127. The summed E-state index contributed by atoms with van der Waals surface area (Å²) in [7, 11) is 0. The number of rotatable bonds is 5. The van der Waals surface area contributed by atoms with Gasteiger partial charge in [-0.05, 0) is 47.7 Å². The van der Waals surface area contributed by atoms with E-state index in [-0.39, 0.29) is 11.4 Å². The summed E-state index contributed by atoms with van der Waals surface area (Å²) in [4.78, 5) is 37.8. The molecule has 1 N–H and O–H groups in total. The fourth-order valence-corrected chi connectivity index (χ4v) is 3.25. The summed E-state index contributed by atoms with van der Waals surface area (Å²) < 4.78 is 0. The first-order valence-electron chi connectivity index (χ1n) is 8.05. The molecule has 5 nitrogen and oxygen atoms in total. The molecule has 136 valence electrons. The zero-order valence-electron chi connectivity index (χ0n) is 14.1. The average molecular weight is 399 g/mol. The van der Waals surface area contributed by atoms with Crippen molar-refractivity contribution in [1.29, 1.82) is 0 Å². The van der Waals surface area contributed by atoms with Crippen LogP contribution in [0.2, 0.25) is 5.02 Å². The van der Waals surface area contributed by atoms with Crippen molar-refractivity contribution in [2.45, 2.75) is 0 Å². The molecule has 27 heavy (non-hydrogen) atoms. The minimum atomic E-state index is -0.478. The standard InChI is InChI=1S/C20H15ClN2O3S/c21-15-9-11-16(12-10-15)22-18(24)13-23-19(25)17(27-20(23)26)8-4-7-14-5-2-1-3-6-14/h1-12H,13H2,(H,22,24)/b7-4+,17-8-. The van der Waals surface area contributed by atoms with Crippen LogP contribution in [0.5, 0.6) is 0 Å². The molecule has 1 aliphatic rings. The maximum atomic E-state index is 12.4. The highest BCUT2D eigenvalue weighted by Gasteiger charge is 2.35. The summed E-state index contributed by atoms with van der Waals surface area (Å²) >= 11 is 6.61. The van der Waals surface area contributed by atoms with Crippen molar-refractivity contribution in [2.75, 3.05) is 11.9 Å². The SMILES string of the molecule is O=C(CN1C(=O)S/C(=C\C=C\c2ccccc2)C1=O)Nc1ccc(Cl)cc1. The van der Waals surface area contributed by atoms with E-state index in [2.05, 4.69) is 5.32 Å². The number of nitrogens with zero attached hydrogens (tertiary/aromatic N) is 1. The minimum absolute atomic E-state index is 0.284. The molecule has 1 fully saturated rings. The number of imide groups is 1. The Bertz CT molecular complexity index is 924. The van der Waals surface area contributed by atoms with E-state index in [1.807, 2.05) is 36.4 Å². The first kappa shape index (κ1) is 18.9. The van der Waals surface area contributed by atoms with Gasteiger partial charge in [0.25, 0.3) is 11.1 Å². The first-order valence-corrected chi connectivity index (χ1v) is 9.25. The van der Waals surface area contributed by atoms with E-state index in [4.69, 9.17) is 11.6 Å². The Labute approximate surface area is 165 Å². The van der Waals surface area contributed by atoms with E-state index in [0.717, 1.165) is 22.2 Å². The van der Waals surface area contributed by atoms with Crippen molar-refractivity contribution >= 4 is 52.2 Å². The fourth-order valence-electron chi connectivity index (χ4n) is 2.34. The summed E-state index contributed by atoms with van der Waals surface area (Å²) in [5.41, 5.74) is 1.52. The maximum absolute atomic E-state index is 12.4. The number of halogens is 1. The quantitative estimate of drug-likeness (QED) is 0.749. The molecular formula is C20H15ClN2O3S. The van der Waals surface area contributed by atoms with E-state index in [0.29, 0.717) is 10.7 Å². The van der Waals surface area contributed by atoms with E-state index in [1.54, 1.807) is 36.4 Å². The van der Waals surface area contributed by atoms with E-state index in [1.165, 1.54) is 0 Å². The third kappa shape index (κ3) is 5.09. The summed E-state index contributed by atoms with van der Waals surface area (Å²) in [6.45, 7) is -0.340. The van der Waals surface area contributed by atoms with Gasteiger partial charge in [-0.3, -0.25) is 19.3 Å². The molecule has 3 amide bonds. The van der Waals surface area contributed by atoms with Crippen LogP contribution in [0.15, 0.2) is 71.7 Å². The highest BCUT2D eigenvalue weighted by atomic mass is 35.5. The number of carbonyl (C=O) groups is 3. The van der Waals surface area contributed by atoms with Crippen LogP contribution < -0.4 is 5.32 Å². The van der Waals surface area contributed by atoms with Gasteiger partial charge in [0.05, 0.1) is 4.91 Å². The summed E-state index contributed by atoms with van der Waals surface area (Å²) in [6.07, 6.45) is 5.12. The van der Waals surface area contributed by atoms with Gasteiger partial charge >= 0.3 is 0 Å². The number of nitrogens with one attached hydrogen (secondary N) is 1. The smallest absolute Gasteiger partial charge is 0.294 e. The van der Waals surface area contributed by atoms with Crippen LogP contribution in [0.3, 0.4) is 0 Å². The normalized spacial score (nSPS) is 15.7. The molecule has 0 spiro atoms. The molecule has 1 aliphatic heterocycles. The highest BCUT2D eigenvalue weighted by Crippen LogP contribution is 2.30. The second kappa shape index (κ2) is 8.70. The number of allylic oxidation sites excluding steroid dienone is 2. The van der Waals surface area contributed by atoms with Crippen LogP contribution in [-0.2, 0) is 9.59 Å². The van der Waals surface area contributed by atoms with Gasteiger partial charge in [-0.25, -0.2) is 0 Å². The molecule has 1 saturated heterocycles. The molecule has 0 radical (unpaired) electrons. The molecule has 0 unspecified atom stereocenters. The number of benzene rings is 2. The fraction of sp³-hybridized carbons (Fsp3) is 0.0500. The van der Waals surface area contributed by atoms with Gasteiger partial charge in [0.2, 0.25) is 5.91 Å². The van der Waals surface area contributed by atoms with E-state index < -0.39 is 17.1 Å². The molecule has 0 bridgehead atoms. The van der Waals surface area contributed by atoms with Crippen molar-refractivity contribution in [3.63, 3.8) is 0 Å². The second-order valence-corrected chi connectivity index (χ2v) is 7.04. The van der Waals surface area contributed by atoms with Crippen LogP contribution in [-0.4, -0.2) is 28.5 Å². The molecule has 7 heteroatoms. The van der Waals surface area contributed by atoms with Crippen molar-refractivity contribution < 1.29 is 14.4 Å². The van der Waals surface area contributed by atoms with Crippen molar-refractivity contribution in [1.82, 2.24) is 4.90 Å². The molecular weight excluding hydrogens is 384 g/mol. The molecule has 1 heterocycles. The highest BCUT2D eigenvalue weighted by molar-refractivity contribution is 8.18. The number of anilines is 1. The summed E-state index contributed by atoms with van der Waals surface area (Å²) in [5, 5.41) is 2.71. The van der Waals surface area contributed by atoms with Gasteiger partial charge in [0, 0.05) is 10.7 Å². The van der Waals surface area contributed by atoms with Gasteiger partial charge in [0.1, 0.15) is 6.54 Å². The molecule has 2 aromatic rings. The van der Waals surface area contributed by atoms with Crippen LogP contribution in [0.1, 0.15) is 5.56 Å². The van der Waals surface area contributed by atoms with Crippen LogP contribution in [0.4, 0.5) is 10.5 Å². The number of hydrogen-bond donors (Lipinski definition) is 1. The lowest BCUT2D eigenvalue weighted by Crippen LogP contribution is -2.36. The lowest BCUT2D eigenvalue weighted by atomic mass is 10.2. The summed E-state index contributed by atoms with van der Waals surface area (Å²) in [6, 6.07) is 16.1. The zero-order valence-corrected chi connectivity index (χ0v) is 15.7. The van der Waals surface area contributed by atoms with Gasteiger partial charge in [-0.1, -0.05) is 54.1 Å². The Morgan fingerprint density at radius 3 is 2.48 bits per heavy atom. The molecule has 0 saturated carbocycles. The topological polar surface area (TPSA) is 66.5 Å². The third-order valence-electron chi connectivity index (χ3n) is 3.64. The first-order chi connectivity index (χ1) is 13.0. The maximum Gasteiger partial charge on any atom is 0.294 e. The average Bonchev–Trinajstić information content (AvgIpc) is 2.92. The molecule has 2 aromatic carbocycles. The monoisotopic (exact) mass is 398 g/mol. The van der Waals surface area contributed by atoms with Crippen LogP contribution in [0, 0.1) is 0 Å². The minimum Gasteiger partial charge on any atom is -0.325 e. The van der Waals surface area contributed by atoms with Gasteiger partial charge < -0.3 is 5.32 Å². The van der Waals surface area contributed by atoms with Crippen molar-refractivity contribution in [3.05, 3.63) is 82.2 Å². The predicted molar refractivity (Wildman–Crippen MR) is 108 cm³/mol. The Kier molecular flexibility index (Phi) is 6.11. The Morgan fingerprint density at radius 1 is 1.07 bits per heavy atom. The number of thioether (sulfide) groups is 1. The van der Waals surface area contributed by atoms with Crippen molar-refractivity contribution in [2.24, 2.45) is 0 Å². The molecule has 0 aliphatic carbocycles. The van der Waals surface area contributed by atoms with Gasteiger partial charge in [-0.2, -0.15) is 0 Å². The second-order valence-electron chi connectivity index (χ2n) is 5.62. The van der Waals surface area contributed by atoms with E-state index >= 15 is 0 Å². The lowest BCUT2D eigenvalue weighted by Gasteiger charge is -2.12. The Hall–Kier alpha value is -2.83. The zero-order chi connectivity index (χ0) is 19.2. The van der Waals surface area contributed by atoms with Crippen LogP contribution in [0.25, 0.3) is 6.08 Å². The summed E-state index contributed by atoms with van der Waals surface area (Å²) in [5.74, 6) is -0.935. The van der Waals surface area contributed by atoms with E-state index in [9.17, 15) is 14.4 Å². The van der Waals surface area contributed by atoms with Crippen molar-refractivity contribution in [3.8, 4) is 0 Å². The largest absolute Gasteiger partial charge is 0.325 e. The Morgan fingerprint density at radius 2 is 1.78 bits per heavy atom. The molecule has 3 rings (SSSR count). The predicted octanol–water partition coefficient (Wildman–Crippen LogP) is 4.57. The Balaban J connectivity index is 1.61. The third-order valence-corrected chi connectivity index (χ3v) is 4.82. The van der Waals surface area contributed by atoms with Crippen LogP contribution >= 0.6 is 23.4 Å². The number of carbonyl (C=O) groups excluding carboxylic acids is 3. The molecule has 0 atom stereocenters. The van der Waals surface area contributed by atoms with Gasteiger partial charge in [0.15, 0.2) is 0 Å². The molecule has 0 aromatic heterocycles.